The van der Waals surface area contributed by atoms with Gasteiger partial charge in [0.15, 0.2) is 5.41 Å². The summed E-state index contributed by atoms with van der Waals surface area (Å²) >= 11 is 0. The molecular formula is C19H22N4O4. The number of hydrogen-bond acceptors (Lipinski definition) is 5. The number of rotatable bonds is 1. The van der Waals surface area contributed by atoms with Crippen molar-refractivity contribution in [3.8, 4) is 0 Å². The van der Waals surface area contributed by atoms with Gasteiger partial charge >= 0.3 is 6.03 Å². The zero-order chi connectivity index (χ0) is 19.2. The molecule has 8 nitrogen and oxygen atoms in total. The molecule has 0 radical (unpaired) electrons. The highest BCUT2D eigenvalue weighted by atomic mass is 16.2. The van der Waals surface area contributed by atoms with Crippen LogP contribution in [0.3, 0.4) is 0 Å². The number of carbonyl (C=O) groups excluding carboxylic acids is 4. The quantitative estimate of drug-likeness (QED) is 0.646. The highest BCUT2D eigenvalue weighted by Crippen LogP contribution is 2.46. The minimum Gasteiger partial charge on any atom is -0.367 e. The van der Waals surface area contributed by atoms with Gasteiger partial charge in [0.25, 0.3) is 0 Å². The van der Waals surface area contributed by atoms with Gasteiger partial charge in [-0.25, -0.2) is 4.79 Å². The predicted molar refractivity (Wildman–Crippen MR) is 98.2 cm³/mol. The van der Waals surface area contributed by atoms with Gasteiger partial charge in [-0.15, -0.1) is 0 Å². The maximum Gasteiger partial charge on any atom is 0.328 e. The topological polar surface area (TPSA) is 108 Å². The third kappa shape index (κ3) is 2.75. The van der Waals surface area contributed by atoms with E-state index in [-0.39, 0.29) is 18.4 Å². The lowest BCUT2D eigenvalue weighted by atomic mass is 9.67. The molecule has 0 bridgehead atoms. The first-order chi connectivity index (χ1) is 12.9. The van der Waals surface area contributed by atoms with Crippen LogP contribution in [0.5, 0.6) is 0 Å². The van der Waals surface area contributed by atoms with E-state index < -0.39 is 23.3 Å². The summed E-state index contributed by atoms with van der Waals surface area (Å²) in [6, 6.07) is 4.53. The smallest absolute Gasteiger partial charge is 0.328 e. The van der Waals surface area contributed by atoms with Gasteiger partial charge in [-0.2, -0.15) is 0 Å². The van der Waals surface area contributed by atoms with Crippen LogP contribution in [0.2, 0.25) is 0 Å². The van der Waals surface area contributed by atoms with Crippen molar-refractivity contribution in [1.29, 1.82) is 0 Å². The number of fused-ring (bicyclic) bond motifs is 4. The van der Waals surface area contributed by atoms with Crippen molar-refractivity contribution >= 4 is 35.1 Å². The first-order valence-corrected chi connectivity index (χ1v) is 9.26. The number of imide groups is 2. The number of nitrogens with zero attached hydrogens (tertiary/aromatic N) is 1. The summed E-state index contributed by atoms with van der Waals surface area (Å²) in [5, 5.41) is 7.34. The molecule has 3 heterocycles. The SMILES string of the molecule is CC(=O)Nc1ccc2c(c1)CC1(C(=O)NC(=O)NC1=O)C1CCCCCN21. The molecule has 2 fully saturated rings. The van der Waals surface area contributed by atoms with Crippen molar-refractivity contribution in [2.24, 2.45) is 5.41 Å². The Morgan fingerprint density at radius 2 is 1.89 bits per heavy atom. The second kappa shape index (κ2) is 6.37. The van der Waals surface area contributed by atoms with Crippen molar-refractivity contribution in [2.45, 2.75) is 45.1 Å². The molecule has 4 rings (SSSR count). The molecule has 3 aliphatic rings. The fourth-order valence-electron chi connectivity index (χ4n) is 4.64. The van der Waals surface area contributed by atoms with Crippen molar-refractivity contribution < 1.29 is 19.2 Å². The Balaban J connectivity index is 1.84. The second-order valence-corrected chi connectivity index (χ2v) is 7.47. The summed E-state index contributed by atoms with van der Waals surface area (Å²) in [5.41, 5.74) is 1.08. The molecule has 8 heteroatoms. The van der Waals surface area contributed by atoms with Crippen LogP contribution < -0.4 is 20.9 Å². The number of carbonyl (C=O) groups is 4. The van der Waals surface area contributed by atoms with E-state index in [1.54, 1.807) is 0 Å². The van der Waals surface area contributed by atoms with Crippen LogP contribution >= 0.6 is 0 Å². The Hall–Kier alpha value is -2.90. The molecule has 0 saturated carbocycles. The van der Waals surface area contributed by atoms with Gasteiger partial charge < -0.3 is 10.2 Å². The summed E-state index contributed by atoms with van der Waals surface area (Å²) in [6.07, 6.45) is 3.84. The van der Waals surface area contributed by atoms with Crippen molar-refractivity contribution in [2.75, 3.05) is 16.8 Å². The third-order valence-electron chi connectivity index (χ3n) is 5.76. The van der Waals surface area contributed by atoms with Crippen LogP contribution in [-0.2, 0) is 20.8 Å². The van der Waals surface area contributed by atoms with E-state index >= 15 is 0 Å². The van der Waals surface area contributed by atoms with Gasteiger partial charge in [0.2, 0.25) is 17.7 Å². The van der Waals surface area contributed by atoms with Gasteiger partial charge in [-0.05, 0) is 43.0 Å². The molecule has 1 atom stereocenters. The lowest BCUT2D eigenvalue weighted by Gasteiger charge is -2.49. The maximum atomic E-state index is 12.9. The standard InChI is InChI=1S/C19H22N4O4/c1-11(24)20-13-6-7-14-12(9-13)10-19(15-5-3-2-4-8-23(14)15)16(25)21-18(27)22-17(19)26/h6-7,9,15H,2-5,8,10H2,1H3,(H,20,24)(H2,21,22,25,26,27). The molecule has 5 amide bonds. The predicted octanol–water partition coefficient (Wildman–Crippen LogP) is 1.30. The van der Waals surface area contributed by atoms with E-state index in [0.29, 0.717) is 12.1 Å². The van der Waals surface area contributed by atoms with Crippen molar-refractivity contribution in [3.63, 3.8) is 0 Å². The van der Waals surface area contributed by atoms with E-state index in [0.717, 1.165) is 37.1 Å². The molecule has 2 saturated heterocycles. The normalized spacial score (nSPS) is 23.7. The first-order valence-electron chi connectivity index (χ1n) is 9.26. The second-order valence-electron chi connectivity index (χ2n) is 7.47. The summed E-state index contributed by atoms with van der Waals surface area (Å²) in [7, 11) is 0. The van der Waals surface area contributed by atoms with Crippen LogP contribution in [0.4, 0.5) is 16.2 Å². The first kappa shape index (κ1) is 17.5. The van der Waals surface area contributed by atoms with E-state index in [4.69, 9.17) is 0 Å². The molecule has 27 heavy (non-hydrogen) atoms. The van der Waals surface area contributed by atoms with Crippen molar-refractivity contribution in [1.82, 2.24) is 10.6 Å². The minimum absolute atomic E-state index is 0.188. The Morgan fingerprint density at radius 3 is 2.59 bits per heavy atom. The van der Waals surface area contributed by atoms with Gasteiger partial charge in [0.05, 0.1) is 6.04 Å². The average Bonchev–Trinajstić information content (AvgIpc) is 2.85. The monoisotopic (exact) mass is 370 g/mol. The fraction of sp³-hybridized carbons (Fsp3) is 0.474. The van der Waals surface area contributed by atoms with E-state index in [1.807, 2.05) is 18.2 Å². The minimum atomic E-state index is -1.35. The molecule has 3 aliphatic heterocycles. The molecule has 1 spiro atoms. The maximum absolute atomic E-state index is 12.9. The van der Waals surface area contributed by atoms with Crippen LogP contribution in [-0.4, -0.2) is 36.3 Å². The number of barbiturate groups is 1. The molecular weight excluding hydrogens is 348 g/mol. The van der Waals surface area contributed by atoms with Crippen LogP contribution in [0.1, 0.15) is 38.2 Å². The number of hydrogen-bond donors (Lipinski definition) is 3. The van der Waals surface area contributed by atoms with Gasteiger partial charge in [0.1, 0.15) is 0 Å². The highest BCUT2D eigenvalue weighted by molar-refractivity contribution is 6.20. The zero-order valence-electron chi connectivity index (χ0n) is 15.1. The lowest BCUT2D eigenvalue weighted by Crippen LogP contribution is -2.71. The summed E-state index contributed by atoms with van der Waals surface area (Å²) < 4.78 is 0. The average molecular weight is 370 g/mol. The number of nitrogens with one attached hydrogen (secondary N) is 3. The Kier molecular flexibility index (Phi) is 4.13. The highest BCUT2D eigenvalue weighted by Gasteiger charge is 2.59. The Labute approximate surface area is 156 Å². The van der Waals surface area contributed by atoms with Gasteiger partial charge in [-0.1, -0.05) is 12.8 Å². The zero-order valence-corrected chi connectivity index (χ0v) is 15.1. The molecule has 1 aromatic carbocycles. The number of anilines is 2. The van der Waals surface area contributed by atoms with Crippen LogP contribution in [0, 0.1) is 5.41 Å². The summed E-state index contributed by atoms with van der Waals surface area (Å²) in [6.45, 7) is 2.17. The molecule has 1 unspecified atom stereocenters. The number of amides is 5. The summed E-state index contributed by atoms with van der Waals surface area (Å²) in [5.74, 6) is -1.26. The lowest BCUT2D eigenvalue weighted by molar-refractivity contribution is -0.146. The van der Waals surface area contributed by atoms with Crippen LogP contribution in [0.25, 0.3) is 0 Å². The van der Waals surface area contributed by atoms with E-state index in [2.05, 4.69) is 20.9 Å². The van der Waals surface area contributed by atoms with E-state index in [1.165, 1.54) is 6.92 Å². The summed E-state index contributed by atoms with van der Waals surface area (Å²) in [4.78, 5) is 51.1. The van der Waals surface area contributed by atoms with Gasteiger partial charge in [0, 0.05) is 24.8 Å². The molecule has 3 N–H and O–H groups in total. The van der Waals surface area contributed by atoms with Gasteiger partial charge in [-0.3, -0.25) is 25.0 Å². The number of benzene rings is 1. The molecule has 0 aromatic heterocycles. The fourth-order valence-corrected chi connectivity index (χ4v) is 4.64. The molecule has 1 aromatic rings. The Morgan fingerprint density at radius 1 is 1.15 bits per heavy atom. The Bertz CT molecular complexity index is 830. The molecule has 0 aliphatic carbocycles. The third-order valence-corrected chi connectivity index (χ3v) is 5.76. The van der Waals surface area contributed by atoms with Crippen LogP contribution in [0.15, 0.2) is 18.2 Å². The molecule has 142 valence electrons. The van der Waals surface area contributed by atoms with Crippen molar-refractivity contribution in [3.05, 3.63) is 23.8 Å². The largest absolute Gasteiger partial charge is 0.367 e. The number of urea groups is 1. The van der Waals surface area contributed by atoms with E-state index in [9.17, 15) is 19.2 Å².